The van der Waals surface area contributed by atoms with E-state index >= 15 is 0 Å². The molecular weight excluding hydrogens is 216 g/mol. The standard InChI is InChI=1S/C13H22N2O2/c1-2-7-14-8-3-6-13-15-10-12(17-13)11-5-4-9-16-11/h10-11,14H,2-9H2,1H3. The van der Waals surface area contributed by atoms with E-state index in [1.165, 1.54) is 6.42 Å². The van der Waals surface area contributed by atoms with Crippen molar-refractivity contribution < 1.29 is 9.15 Å². The van der Waals surface area contributed by atoms with Gasteiger partial charge in [0.15, 0.2) is 11.7 Å². The average molecular weight is 238 g/mol. The zero-order valence-electron chi connectivity index (χ0n) is 10.6. The predicted octanol–water partition coefficient (Wildman–Crippen LogP) is 2.46. The molecule has 0 radical (unpaired) electrons. The van der Waals surface area contributed by atoms with Crippen molar-refractivity contribution in [3.05, 3.63) is 17.8 Å². The molecule has 1 aliphatic heterocycles. The molecule has 96 valence electrons. The third-order valence-corrected chi connectivity index (χ3v) is 2.99. The van der Waals surface area contributed by atoms with Crippen molar-refractivity contribution in [1.82, 2.24) is 10.3 Å². The van der Waals surface area contributed by atoms with Crippen molar-refractivity contribution in [2.75, 3.05) is 19.7 Å². The first-order valence-corrected chi connectivity index (χ1v) is 6.67. The largest absolute Gasteiger partial charge is 0.443 e. The Morgan fingerprint density at radius 2 is 2.41 bits per heavy atom. The molecule has 2 rings (SSSR count). The number of aromatic nitrogens is 1. The van der Waals surface area contributed by atoms with Gasteiger partial charge in [-0.15, -0.1) is 0 Å². The maximum absolute atomic E-state index is 5.71. The molecule has 1 aliphatic rings. The van der Waals surface area contributed by atoms with E-state index in [0.717, 1.165) is 57.0 Å². The van der Waals surface area contributed by atoms with Gasteiger partial charge < -0.3 is 14.5 Å². The smallest absolute Gasteiger partial charge is 0.194 e. The van der Waals surface area contributed by atoms with Crippen LogP contribution in [0, 0.1) is 0 Å². The Kier molecular flexibility index (Phi) is 5.01. The monoisotopic (exact) mass is 238 g/mol. The second kappa shape index (κ2) is 6.77. The van der Waals surface area contributed by atoms with Gasteiger partial charge in [-0.05, 0) is 38.8 Å². The summed E-state index contributed by atoms with van der Waals surface area (Å²) in [5.74, 6) is 1.74. The summed E-state index contributed by atoms with van der Waals surface area (Å²) >= 11 is 0. The van der Waals surface area contributed by atoms with E-state index in [4.69, 9.17) is 9.15 Å². The zero-order valence-corrected chi connectivity index (χ0v) is 10.6. The van der Waals surface area contributed by atoms with Crippen LogP contribution in [0.4, 0.5) is 0 Å². The molecule has 1 fully saturated rings. The topological polar surface area (TPSA) is 47.3 Å². The van der Waals surface area contributed by atoms with Crippen LogP contribution in [-0.2, 0) is 11.2 Å². The highest BCUT2D eigenvalue weighted by molar-refractivity contribution is 5.00. The fraction of sp³-hybridized carbons (Fsp3) is 0.769. The van der Waals surface area contributed by atoms with E-state index < -0.39 is 0 Å². The molecule has 1 aromatic heterocycles. The lowest BCUT2D eigenvalue weighted by atomic mass is 10.2. The van der Waals surface area contributed by atoms with Crippen LogP contribution in [0.25, 0.3) is 0 Å². The molecule has 0 spiro atoms. The Morgan fingerprint density at radius 3 is 3.18 bits per heavy atom. The summed E-state index contributed by atoms with van der Waals surface area (Å²) in [6, 6.07) is 0. The Labute approximate surface area is 103 Å². The Bertz CT molecular complexity index is 319. The van der Waals surface area contributed by atoms with Gasteiger partial charge in [-0.2, -0.15) is 0 Å². The number of nitrogens with one attached hydrogen (secondary N) is 1. The number of aryl methyl sites for hydroxylation is 1. The van der Waals surface area contributed by atoms with E-state index in [1.807, 2.05) is 6.20 Å². The molecule has 1 N–H and O–H groups in total. The van der Waals surface area contributed by atoms with Crippen LogP contribution in [-0.4, -0.2) is 24.7 Å². The second-order valence-electron chi connectivity index (χ2n) is 4.51. The molecule has 4 heteroatoms. The molecule has 1 aromatic rings. The van der Waals surface area contributed by atoms with Gasteiger partial charge in [-0.3, -0.25) is 0 Å². The predicted molar refractivity (Wildman–Crippen MR) is 65.9 cm³/mol. The van der Waals surface area contributed by atoms with Crippen LogP contribution in [0.3, 0.4) is 0 Å². The SMILES string of the molecule is CCCNCCCc1ncc(C2CCCO2)o1. The molecular formula is C13H22N2O2. The minimum absolute atomic E-state index is 0.148. The summed E-state index contributed by atoms with van der Waals surface area (Å²) in [5, 5.41) is 3.37. The van der Waals surface area contributed by atoms with Crippen LogP contribution in [0.5, 0.6) is 0 Å². The molecule has 1 saturated heterocycles. The van der Waals surface area contributed by atoms with Gasteiger partial charge in [0.1, 0.15) is 6.10 Å². The van der Waals surface area contributed by atoms with Crippen molar-refractivity contribution >= 4 is 0 Å². The molecule has 17 heavy (non-hydrogen) atoms. The van der Waals surface area contributed by atoms with Crippen LogP contribution in [0.1, 0.15) is 50.4 Å². The lowest BCUT2D eigenvalue weighted by Crippen LogP contribution is -2.16. The van der Waals surface area contributed by atoms with E-state index in [-0.39, 0.29) is 6.10 Å². The van der Waals surface area contributed by atoms with Gasteiger partial charge >= 0.3 is 0 Å². The highest BCUT2D eigenvalue weighted by atomic mass is 16.5. The zero-order chi connectivity index (χ0) is 11.9. The van der Waals surface area contributed by atoms with Crippen molar-refractivity contribution in [2.45, 2.75) is 45.1 Å². The van der Waals surface area contributed by atoms with E-state index in [2.05, 4.69) is 17.2 Å². The molecule has 0 saturated carbocycles. The Morgan fingerprint density at radius 1 is 1.47 bits per heavy atom. The van der Waals surface area contributed by atoms with Crippen LogP contribution < -0.4 is 5.32 Å². The van der Waals surface area contributed by atoms with Gasteiger partial charge in [-0.1, -0.05) is 6.92 Å². The molecule has 2 heterocycles. The number of rotatable bonds is 7. The molecule has 0 bridgehead atoms. The van der Waals surface area contributed by atoms with E-state index in [0.29, 0.717) is 0 Å². The second-order valence-corrected chi connectivity index (χ2v) is 4.51. The third kappa shape index (κ3) is 3.82. The van der Waals surface area contributed by atoms with Crippen molar-refractivity contribution in [2.24, 2.45) is 0 Å². The number of hydrogen-bond acceptors (Lipinski definition) is 4. The number of oxazole rings is 1. The van der Waals surface area contributed by atoms with Crippen molar-refractivity contribution in [1.29, 1.82) is 0 Å². The molecule has 4 nitrogen and oxygen atoms in total. The summed E-state index contributed by atoms with van der Waals surface area (Å²) in [6.45, 7) is 5.15. The van der Waals surface area contributed by atoms with Crippen molar-refractivity contribution in [3.63, 3.8) is 0 Å². The highest BCUT2D eigenvalue weighted by Gasteiger charge is 2.21. The summed E-state index contributed by atoms with van der Waals surface area (Å²) in [6.07, 6.45) is 7.32. The molecule has 1 unspecified atom stereocenters. The maximum Gasteiger partial charge on any atom is 0.194 e. The quantitative estimate of drug-likeness (QED) is 0.741. The fourth-order valence-corrected chi connectivity index (χ4v) is 2.06. The van der Waals surface area contributed by atoms with Crippen LogP contribution in [0.2, 0.25) is 0 Å². The summed E-state index contributed by atoms with van der Waals surface area (Å²) < 4.78 is 11.3. The fourth-order valence-electron chi connectivity index (χ4n) is 2.06. The first-order valence-electron chi connectivity index (χ1n) is 6.67. The van der Waals surface area contributed by atoms with Crippen LogP contribution >= 0.6 is 0 Å². The summed E-state index contributed by atoms with van der Waals surface area (Å²) in [7, 11) is 0. The van der Waals surface area contributed by atoms with E-state index in [9.17, 15) is 0 Å². The highest BCUT2D eigenvalue weighted by Crippen LogP contribution is 2.28. The van der Waals surface area contributed by atoms with Crippen LogP contribution in [0.15, 0.2) is 10.6 Å². The number of hydrogen-bond donors (Lipinski definition) is 1. The molecule has 0 amide bonds. The number of ether oxygens (including phenoxy) is 1. The number of nitrogens with zero attached hydrogens (tertiary/aromatic N) is 1. The first-order chi connectivity index (χ1) is 8.40. The molecule has 0 aromatic carbocycles. The van der Waals surface area contributed by atoms with Crippen molar-refractivity contribution in [3.8, 4) is 0 Å². The van der Waals surface area contributed by atoms with Gasteiger partial charge in [-0.25, -0.2) is 4.98 Å². The first kappa shape index (κ1) is 12.6. The molecule has 1 atom stereocenters. The average Bonchev–Trinajstić information content (AvgIpc) is 2.99. The van der Waals surface area contributed by atoms with Gasteiger partial charge in [0, 0.05) is 13.0 Å². The summed E-state index contributed by atoms with van der Waals surface area (Å²) in [5.41, 5.74) is 0. The van der Waals surface area contributed by atoms with Gasteiger partial charge in [0.2, 0.25) is 0 Å². The lowest BCUT2D eigenvalue weighted by molar-refractivity contribution is 0.0924. The third-order valence-electron chi connectivity index (χ3n) is 2.99. The Hall–Kier alpha value is -0.870. The normalized spacial score (nSPS) is 19.9. The molecule has 0 aliphatic carbocycles. The Balaban J connectivity index is 1.70. The van der Waals surface area contributed by atoms with E-state index in [1.54, 1.807) is 0 Å². The lowest BCUT2D eigenvalue weighted by Gasteiger charge is -2.03. The minimum Gasteiger partial charge on any atom is -0.443 e. The van der Waals surface area contributed by atoms with Gasteiger partial charge in [0.25, 0.3) is 0 Å². The van der Waals surface area contributed by atoms with Gasteiger partial charge in [0.05, 0.1) is 6.20 Å². The maximum atomic E-state index is 5.71. The summed E-state index contributed by atoms with van der Waals surface area (Å²) in [4.78, 5) is 4.30. The minimum atomic E-state index is 0.148.